The van der Waals surface area contributed by atoms with Gasteiger partial charge in [-0.1, -0.05) is 0 Å². The first-order valence-electron chi connectivity index (χ1n) is 15.1. The van der Waals surface area contributed by atoms with E-state index in [0.717, 1.165) is 0 Å². The van der Waals surface area contributed by atoms with E-state index >= 15 is 0 Å². The van der Waals surface area contributed by atoms with Crippen LogP contribution in [0.1, 0.15) is 45.6 Å². The molecule has 0 saturated carbocycles. The molecule has 0 aromatic carbocycles. The highest BCUT2D eigenvalue weighted by molar-refractivity contribution is 5.95. The summed E-state index contributed by atoms with van der Waals surface area (Å²) in [7, 11) is 12.0. The molecule has 5 rings (SSSR count). The van der Waals surface area contributed by atoms with Gasteiger partial charge in [-0.2, -0.15) is 40.8 Å². The molecule has 0 radical (unpaired) electrons. The van der Waals surface area contributed by atoms with Crippen molar-refractivity contribution < 1.29 is 37.9 Å². The predicted molar refractivity (Wildman–Crippen MR) is 196 cm³/mol. The number of rotatable bonds is 8. The topological polar surface area (TPSA) is 236 Å². The Morgan fingerprint density at radius 3 is 0.462 bits per heavy atom. The Labute approximate surface area is 296 Å². The van der Waals surface area contributed by atoms with Gasteiger partial charge in [0.1, 0.15) is 45.6 Å². The minimum atomic E-state index is 0.378. The fourth-order valence-electron chi connectivity index (χ4n) is 5.09. The molecule has 0 unspecified atom stereocenters. The summed E-state index contributed by atoms with van der Waals surface area (Å²) in [5, 5.41) is 33.3. The number of aromatic amines is 4. The second kappa shape index (κ2) is 17.0. The lowest BCUT2D eigenvalue weighted by atomic mass is 10.3. The van der Waals surface area contributed by atoms with Gasteiger partial charge in [0, 0.05) is 0 Å². The molecule has 4 N–H and O–H groups in total. The zero-order valence-electron chi connectivity index (χ0n) is 29.5. The number of nitrogens with one attached hydrogen (secondary N) is 4. The molecule has 272 valence electrons. The molecule has 8 bridgehead atoms. The number of H-pyrrole nitrogens is 4. The number of fused-ring (bicyclic) bond motifs is 8. The van der Waals surface area contributed by atoms with Crippen molar-refractivity contribution in [3.8, 4) is 46.0 Å². The molecule has 5 heterocycles. The van der Waals surface area contributed by atoms with E-state index in [4.69, 9.17) is 37.9 Å². The first-order valence-corrected chi connectivity index (χ1v) is 15.1. The molecular weight excluding hydrogens is 680 g/mol. The predicted octanol–water partition coefficient (Wildman–Crippen LogP) is 3.19. The summed E-state index contributed by atoms with van der Waals surface area (Å²) in [5.41, 5.74) is 3.69. The number of methoxy groups -OCH3 is 8. The van der Waals surface area contributed by atoms with Gasteiger partial charge in [-0.15, -0.1) is 0 Å². The zero-order chi connectivity index (χ0) is 37.0. The molecule has 4 aromatic rings. The maximum Gasteiger partial charge on any atom is 0.188 e. The van der Waals surface area contributed by atoms with Gasteiger partial charge in [0.25, 0.3) is 0 Å². The van der Waals surface area contributed by atoms with Crippen LogP contribution in [0.3, 0.4) is 0 Å². The van der Waals surface area contributed by atoms with Gasteiger partial charge in [-0.3, -0.25) is 0 Å². The molecule has 0 saturated heterocycles. The summed E-state index contributed by atoms with van der Waals surface area (Å²) in [6, 6.07) is 0. The van der Waals surface area contributed by atoms with Crippen molar-refractivity contribution in [3.05, 3.63) is 45.6 Å². The lowest BCUT2D eigenvalue weighted by Crippen LogP contribution is -1.92. The normalized spacial score (nSPS) is 17.7. The van der Waals surface area contributed by atoms with Crippen molar-refractivity contribution in [2.75, 3.05) is 56.9 Å². The minimum Gasteiger partial charge on any atom is -0.491 e. The lowest BCUT2D eigenvalue weighted by Gasteiger charge is -2.02. The molecule has 20 nitrogen and oxygen atoms in total. The van der Waals surface area contributed by atoms with Crippen LogP contribution in [0.5, 0.6) is 46.0 Å². The Bertz CT molecular complexity index is 1670. The summed E-state index contributed by atoms with van der Waals surface area (Å²) in [4.78, 5) is 12.6. The number of hydrogen-bond acceptors (Lipinski definition) is 16. The van der Waals surface area contributed by atoms with Gasteiger partial charge in [-0.05, 0) is 0 Å². The van der Waals surface area contributed by atoms with E-state index in [0.29, 0.717) is 91.5 Å². The van der Waals surface area contributed by atoms with Crippen LogP contribution in [0.2, 0.25) is 0 Å². The largest absolute Gasteiger partial charge is 0.491 e. The Hall–Kier alpha value is -7.12. The van der Waals surface area contributed by atoms with Crippen LogP contribution in [-0.2, 0) is 0 Å². The Balaban J connectivity index is 1.60. The van der Waals surface area contributed by atoms with Crippen molar-refractivity contribution >= 4 is 49.7 Å². The van der Waals surface area contributed by atoms with Crippen LogP contribution in [-0.4, -0.2) is 127 Å². The van der Waals surface area contributed by atoms with E-state index in [1.54, 1.807) is 0 Å². The van der Waals surface area contributed by atoms with Gasteiger partial charge >= 0.3 is 0 Å². The van der Waals surface area contributed by atoms with E-state index < -0.39 is 0 Å². The first-order chi connectivity index (χ1) is 25.5. The molecule has 0 atom stereocenters. The Morgan fingerprint density at radius 1 is 0.250 bits per heavy atom. The number of aromatic nitrogens is 4. The average Bonchev–Trinajstić information content (AvgIpc) is 3.90. The van der Waals surface area contributed by atoms with Gasteiger partial charge in [0.15, 0.2) is 46.0 Å². The fourth-order valence-corrected chi connectivity index (χ4v) is 5.09. The smallest absolute Gasteiger partial charge is 0.188 e. The summed E-state index contributed by atoms with van der Waals surface area (Å²) < 4.78 is 44.5. The van der Waals surface area contributed by atoms with Crippen LogP contribution in [0.15, 0.2) is 40.8 Å². The highest BCUT2D eigenvalue weighted by atomic mass is 16.5. The van der Waals surface area contributed by atoms with Crippen molar-refractivity contribution in [3.63, 3.8) is 0 Å². The van der Waals surface area contributed by atoms with Gasteiger partial charge in [-0.25, -0.2) is 0 Å². The monoisotopic (exact) mass is 716 g/mol. The van der Waals surface area contributed by atoms with Crippen molar-refractivity contribution in [1.29, 1.82) is 0 Å². The van der Waals surface area contributed by atoms with Crippen molar-refractivity contribution in [2.24, 2.45) is 40.8 Å². The maximum absolute atomic E-state index is 5.56. The molecule has 52 heavy (non-hydrogen) atoms. The van der Waals surface area contributed by atoms with E-state index in [1.165, 1.54) is 107 Å². The van der Waals surface area contributed by atoms with E-state index in [2.05, 4.69) is 60.7 Å². The SMILES string of the molecule is COc1c2[nH]c(c1OC)/C=N\N=C/c1[nH]c(c(OC)c1OC)/C=N\N=C/c1[nH]c(c(OC)c1OC)/C=N\N=C/c1[nH]c(c(OC)c1OC)/C=N\N=C/2. The highest BCUT2D eigenvalue weighted by Crippen LogP contribution is 2.36. The van der Waals surface area contributed by atoms with Crippen LogP contribution >= 0.6 is 0 Å². The first kappa shape index (κ1) is 36.2. The molecule has 0 amide bonds. The van der Waals surface area contributed by atoms with Crippen molar-refractivity contribution in [2.45, 2.75) is 0 Å². The standard InChI is InChI=1S/C32H36N12O8/c1-45-25-17-9-33-35-11-19-27(47-3)29(49-5)21(42-19)13-37-39-15-23-31(51-7)32(52-8)24(44-23)16-40-38-14-22-30(50-6)28(48-4)20(43-22)12-36-34-10-18(41-17)26(25)46-2/h9-16,41-44H,1-8H3/b17-9?,18-10?,19-11?,20-12?,21-13?,22-14?,23-15?,24-16?,33-9-,34-10-,35-11-,35-33?,36-12-,36-34?,37-13-,38-14-,39-15-,39-37?,40-16-,40-38?. The highest BCUT2D eigenvalue weighted by Gasteiger charge is 2.21. The van der Waals surface area contributed by atoms with Gasteiger partial charge in [0.2, 0.25) is 0 Å². The average molecular weight is 717 g/mol. The molecule has 0 fully saturated rings. The summed E-state index contributed by atoms with van der Waals surface area (Å²) >= 11 is 0. The minimum absolute atomic E-state index is 0.378. The number of ether oxygens (including phenoxy) is 8. The second-order valence-corrected chi connectivity index (χ2v) is 10.0. The van der Waals surface area contributed by atoms with Crippen LogP contribution in [0, 0.1) is 0 Å². The van der Waals surface area contributed by atoms with E-state index in [9.17, 15) is 0 Å². The maximum atomic E-state index is 5.56. The summed E-state index contributed by atoms with van der Waals surface area (Å²) in [6.07, 6.45) is 11.6. The third kappa shape index (κ3) is 7.39. The summed E-state index contributed by atoms with van der Waals surface area (Å²) in [5.74, 6) is 3.02. The lowest BCUT2D eigenvalue weighted by molar-refractivity contribution is 0.357. The Morgan fingerprint density at radius 2 is 0.365 bits per heavy atom. The second-order valence-electron chi connectivity index (χ2n) is 10.0. The molecule has 0 spiro atoms. The van der Waals surface area contributed by atoms with Gasteiger partial charge in [0.05, 0.1) is 107 Å². The quantitative estimate of drug-likeness (QED) is 0.211. The molecular formula is C32H36N12O8. The molecule has 1 aliphatic heterocycles. The molecule has 20 heteroatoms. The zero-order valence-corrected chi connectivity index (χ0v) is 29.5. The Kier molecular flexibility index (Phi) is 11.8. The third-order valence-corrected chi connectivity index (χ3v) is 7.25. The molecule has 4 aromatic heterocycles. The number of nitrogens with zero attached hydrogens (tertiary/aromatic N) is 8. The summed E-state index contributed by atoms with van der Waals surface area (Å²) in [6.45, 7) is 0. The van der Waals surface area contributed by atoms with Crippen LogP contribution < -0.4 is 37.9 Å². The van der Waals surface area contributed by atoms with Crippen LogP contribution in [0.4, 0.5) is 0 Å². The van der Waals surface area contributed by atoms with E-state index in [1.807, 2.05) is 0 Å². The third-order valence-electron chi connectivity index (χ3n) is 7.25. The fraction of sp³-hybridized carbons (Fsp3) is 0.250. The van der Waals surface area contributed by atoms with Crippen LogP contribution in [0.25, 0.3) is 0 Å². The molecule has 1 aliphatic rings. The van der Waals surface area contributed by atoms with Crippen molar-refractivity contribution in [1.82, 2.24) is 19.9 Å². The number of hydrogen-bond donors (Lipinski definition) is 4. The van der Waals surface area contributed by atoms with Gasteiger partial charge < -0.3 is 57.8 Å². The van der Waals surface area contributed by atoms with E-state index in [-0.39, 0.29) is 0 Å². The molecule has 0 aliphatic carbocycles.